The summed E-state index contributed by atoms with van der Waals surface area (Å²) >= 11 is 0. The van der Waals surface area contributed by atoms with Gasteiger partial charge in [-0.25, -0.2) is 4.98 Å². The number of amides is 1. The summed E-state index contributed by atoms with van der Waals surface area (Å²) in [5.41, 5.74) is 0. The molecular formula is C19H24N4O3. The number of ether oxygens (including phenoxy) is 1. The van der Waals surface area contributed by atoms with Gasteiger partial charge < -0.3 is 14.5 Å². The highest BCUT2D eigenvalue weighted by Crippen LogP contribution is 2.34. The summed E-state index contributed by atoms with van der Waals surface area (Å²) in [6.45, 7) is 5.16. The van der Waals surface area contributed by atoms with Gasteiger partial charge in [0.15, 0.2) is 5.82 Å². The lowest BCUT2D eigenvalue weighted by Gasteiger charge is -2.44. The van der Waals surface area contributed by atoms with Crippen molar-refractivity contribution in [1.82, 2.24) is 14.9 Å². The zero-order valence-corrected chi connectivity index (χ0v) is 14.9. The summed E-state index contributed by atoms with van der Waals surface area (Å²) in [5.74, 6) is 2.52. The van der Waals surface area contributed by atoms with E-state index in [0.717, 1.165) is 44.0 Å². The molecule has 0 radical (unpaired) electrons. The van der Waals surface area contributed by atoms with Crippen molar-refractivity contribution in [2.24, 2.45) is 11.8 Å². The number of fused-ring (bicyclic) bond motifs is 1. The highest BCUT2D eigenvalue weighted by molar-refractivity contribution is 5.91. The maximum atomic E-state index is 12.8. The Bertz CT molecular complexity index is 748. The smallest absolute Gasteiger partial charge is 0.229 e. The Morgan fingerprint density at radius 1 is 1.35 bits per heavy atom. The number of furan rings is 1. The maximum absolute atomic E-state index is 12.8. The molecule has 0 bridgehead atoms. The summed E-state index contributed by atoms with van der Waals surface area (Å²) < 4.78 is 11.7. The number of likely N-dealkylation sites (tertiary alicyclic amines) is 1. The van der Waals surface area contributed by atoms with Crippen LogP contribution in [0.3, 0.4) is 0 Å². The normalized spacial score (nSPS) is 26.3. The van der Waals surface area contributed by atoms with E-state index in [1.807, 2.05) is 19.1 Å². The first kappa shape index (κ1) is 17.2. The lowest BCUT2D eigenvalue weighted by Crippen LogP contribution is -2.52. The van der Waals surface area contributed by atoms with Gasteiger partial charge in [-0.05, 0) is 31.9 Å². The van der Waals surface area contributed by atoms with E-state index in [1.165, 1.54) is 0 Å². The van der Waals surface area contributed by atoms with Crippen LogP contribution in [-0.4, -0.2) is 46.6 Å². The lowest BCUT2D eigenvalue weighted by molar-refractivity contribution is -0.137. The van der Waals surface area contributed by atoms with Crippen molar-refractivity contribution in [3.63, 3.8) is 0 Å². The van der Waals surface area contributed by atoms with Crippen molar-refractivity contribution in [1.29, 1.82) is 0 Å². The van der Waals surface area contributed by atoms with E-state index in [4.69, 9.17) is 9.15 Å². The van der Waals surface area contributed by atoms with Gasteiger partial charge in [-0.3, -0.25) is 14.7 Å². The summed E-state index contributed by atoms with van der Waals surface area (Å²) in [4.78, 5) is 23.3. The fraction of sp³-hybridized carbons (Fsp3) is 0.526. The van der Waals surface area contributed by atoms with E-state index in [2.05, 4.69) is 20.2 Å². The molecule has 0 saturated carbocycles. The minimum atomic E-state index is -0.0723. The van der Waals surface area contributed by atoms with E-state index in [9.17, 15) is 4.79 Å². The molecule has 2 aliphatic heterocycles. The Morgan fingerprint density at radius 3 is 3.04 bits per heavy atom. The number of hydrogen-bond acceptors (Lipinski definition) is 6. The van der Waals surface area contributed by atoms with E-state index in [1.54, 1.807) is 18.6 Å². The molecule has 0 spiro atoms. The van der Waals surface area contributed by atoms with E-state index >= 15 is 0 Å². The van der Waals surface area contributed by atoms with Gasteiger partial charge >= 0.3 is 0 Å². The number of rotatable bonds is 4. The monoisotopic (exact) mass is 356 g/mol. The number of nitrogens with zero attached hydrogens (tertiary/aromatic N) is 3. The highest BCUT2D eigenvalue weighted by atomic mass is 16.5. The third kappa shape index (κ3) is 3.78. The molecule has 4 heterocycles. The summed E-state index contributed by atoms with van der Waals surface area (Å²) in [5, 5.41) is 2.91. The SMILES string of the molecule is Cc1ccc(CN2CC[C@H]3OCC[C@@H](C(=O)Nc4cnccn4)[C@@H]3C2)o1. The van der Waals surface area contributed by atoms with Crippen LogP contribution >= 0.6 is 0 Å². The number of nitrogens with one attached hydrogen (secondary N) is 1. The number of aromatic nitrogens is 2. The second kappa shape index (κ2) is 7.55. The molecule has 3 atom stereocenters. The standard InChI is InChI=1S/C19H24N4O3/c1-13-2-3-14(26-13)11-23-8-4-17-16(12-23)15(5-9-25-17)19(24)22-18-10-20-6-7-21-18/h2-3,6-7,10,15-17H,4-5,8-9,11-12H2,1H3,(H,21,22,24)/t15-,16+,17-/m1/s1. The molecule has 26 heavy (non-hydrogen) atoms. The average molecular weight is 356 g/mol. The molecule has 2 aromatic rings. The predicted molar refractivity (Wildman–Crippen MR) is 95.3 cm³/mol. The third-order valence-electron chi connectivity index (χ3n) is 5.28. The van der Waals surface area contributed by atoms with E-state index in [0.29, 0.717) is 12.4 Å². The van der Waals surface area contributed by atoms with Gasteiger partial charge in [0, 0.05) is 43.9 Å². The number of anilines is 1. The van der Waals surface area contributed by atoms with Crippen molar-refractivity contribution in [3.05, 3.63) is 42.2 Å². The summed E-state index contributed by atoms with van der Waals surface area (Å²) in [7, 11) is 0. The predicted octanol–water partition coefficient (Wildman–Crippen LogP) is 2.24. The Morgan fingerprint density at radius 2 is 2.27 bits per heavy atom. The fourth-order valence-corrected chi connectivity index (χ4v) is 4.03. The lowest BCUT2D eigenvalue weighted by atomic mass is 9.79. The van der Waals surface area contributed by atoms with Crippen molar-refractivity contribution < 1.29 is 13.9 Å². The Labute approximate surface area is 152 Å². The third-order valence-corrected chi connectivity index (χ3v) is 5.28. The summed E-state index contributed by atoms with van der Waals surface area (Å²) in [6.07, 6.45) is 6.57. The minimum Gasteiger partial charge on any atom is -0.465 e. The summed E-state index contributed by atoms with van der Waals surface area (Å²) in [6, 6.07) is 4.01. The first-order valence-corrected chi connectivity index (χ1v) is 9.15. The molecule has 2 aliphatic rings. The first-order chi connectivity index (χ1) is 12.7. The van der Waals surface area contributed by atoms with Gasteiger partial charge in [-0.15, -0.1) is 0 Å². The Kier molecular flexibility index (Phi) is 4.99. The number of carbonyl (C=O) groups is 1. The first-order valence-electron chi connectivity index (χ1n) is 9.15. The van der Waals surface area contributed by atoms with Crippen LogP contribution in [0.4, 0.5) is 5.82 Å². The van der Waals surface area contributed by atoms with Crippen molar-refractivity contribution in [2.75, 3.05) is 25.0 Å². The van der Waals surface area contributed by atoms with Crippen LogP contribution in [0.15, 0.2) is 35.1 Å². The average Bonchev–Trinajstić information content (AvgIpc) is 3.06. The van der Waals surface area contributed by atoms with Crippen molar-refractivity contribution in [3.8, 4) is 0 Å². The van der Waals surface area contributed by atoms with Crippen LogP contribution in [0, 0.1) is 18.8 Å². The Balaban J connectivity index is 1.43. The van der Waals surface area contributed by atoms with Gasteiger partial charge in [-0.1, -0.05) is 0 Å². The zero-order chi connectivity index (χ0) is 17.9. The molecule has 138 valence electrons. The van der Waals surface area contributed by atoms with Crippen LogP contribution < -0.4 is 5.32 Å². The molecule has 7 nitrogen and oxygen atoms in total. The molecule has 7 heteroatoms. The second-order valence-electron chi connectivity index (χ2n) is 7.08. The number of hydrogen-bond donors (Lipinski definition) is 1. The fourth-order valence-electron chi connectivity index (χ4n) is 4.03. The minimum absolute atomic E-state index is 0.0134. The molecule has 4 rings (SSSR count). The van der Waals surface area contributed by atoms with Gasteiger partial charge in [-0.2, -0.15) is 0 Å². The Hall–Kier alpha value is -2.25. The largest absolute Gasteiger partial charge is 0.465 e. The second-order valence-corrected chi connectivity index (χ2v) is 7.08. The highest BCUT2D eigenvalue weighted by Gasteiger charge is 2.41. The number of aryl methyl sites for hydroxylation is 1. The maximum Gasteiger partial charge on any atom is 0.229 e. The van der Waals surface area contributed by atoms with Crippen LogP contribution in [0.1, 0.15) is 24.4 Å². The molecule has 1 N–H and O–H groups in total. The van der Waals surface area contributed by atoms with Crippen LogP contribution in [0.5, 0.6) is 0 Å². The molecule has 0 aliphatic carbocycles. The van der Waals surface area contributed by atoms with Crippen LogP contribution in [-0.2, 0) is 16.1 Å². The molecule has 1 amide bonds. The van der Waals surface area contributed by atoms with Crippen molar-refractivity contribution in [2.45, 2.75) is 32.4 Å². The van der Waals surface area contributed by atoms with Crippen LogP contribution in [0.2, 0.25) is 0 Å². The van der Waals surface area contributed by atoms with Gasteiger partial charge in [0.25, 0.3) is 0 Å². The topological polar surface area (TPSA) is 80.5 Å². The molecule has 0 aromatic carbocycles. The van der Waals surface area contributed by atoms with Gasteiger partial charge in [0.2, 0.25) is 5.91 Å². The van der Waals surface area contributed by atoms with Gasteiger partial charge in [0.1, 0.15) is 11.5 Å². The molecule has 2 saturated heterocycles. The van der Waals surface area contributed by atoms with E-state index < -0.39 is 0 Å². The van der Waals surface area contributed by atoms with Gasteiger partial charge in [0.05, 0.1) is 18.8 Å². The molecule has 0 unspecified atom stereocenters. The quantitative estimate of drug-likeness (QED) is 0.905. The number of carbonyl (C=O) groups excluding carboxylic acids is 1. The molecule has 2 fully saturated rings. The van der Waals surface area contributed by atoms with Crippen LogP contribution in [0.25, 0.3) is 0 Å². The zero-order valence-electron chi connectivity index (χ0n) is 14.9. The molecule has 2 aromatic heterocycles. The van der Waals surface area contributed by atoms with Crippen molar-refractivity contribution >= 4 is 11.7 Å². The van der Waals surface area contributed by atoms with E-state index in [-0.39, 0.29) is 23.8 Å². The number of piperidine rings is 1. The molecular weight excluding hydrogens is 332 g/mol.